The lowest BCUT2D eigenvalue weighted by molar-refractivity contribution is -0.0656. The molecule has 0 radical (unpaired) electrons. The third-order valence-electron chi connectivity index (χ3n) is 9.36. The van der Waals surface area contributed by atoms with Crippen LogP contribution < -0.4 is 5.73 Å². The van der Waals surface area contributed by atoms with Crippen LogP contribution in [0, 0.1) is 23.2 Å². The van der Waals surface area contributed by atoms with Crippen molar-refractivity contribution in [3.63, 3.8) is 0 Å². The number of hydrogen-bond acceptors (Lipinski definition) is 10. The highest BCUT2D eigenvalue weighted by atomic mass is 31.2. The molecule has 3 heterocycles. The van der Waals surface area contributed by atoms with Crippen LogP contribution in [0.15, 0.2) is 54.7 Å². The van der Waals surface area contributed by atoms with Gasteiger partial charge < -0.3 is 30.3 Å². The number of rotatable bonds is 23. The van der Waals surface area contributed by atoms with Crippen molar-refractivity contribution in [3.8, 4) is 17.9 Å². The summed E-state index contributed by atoms with van der Waals surface area (Å²) in [6, 6.07) is 16.2. The first-order chi connectivity index (χ1) is 25.2. The van der Waals surface area contributed by atoms with Crippen molar-refractivity contribution in [1.82, 2.24) is 9.61 Å². The summed E-state index contributed by atoms with van der Waals surface area (Å²) in [5, 5.41) is 36.1. The van der Waals surface area contributed by atoms with E-state index >= 15 is 0 Å². The molecule has 284 valence electrons. The molecule has 1 unspecified atom stereocenters. The molecular formula is C39H55N4O8P. The lowest BCUT2D eigenvalue weighted by Crippen LogP contribution is -2.41. The van der Waals surface area contributed by atoms with E-state index in [2.05, 4.69) is 23.9 Å². The van der Waals surface area contributed by atoms with Crippen molar-refractivity contribution in [2.75, 3.05) is 18.9 Å². The van der Waals surface area contributed by atoms with Gasteiger partial charge in [0.1, 0.15) is 24.4 Å². The van der Waals surface area contributed by atoms with E-state index in [1.165, 1.54) is 81.0 Å². The lowest BCUT2D eigenvalue weighted by atomic mass is 9.92. The Kier molecular flexibility index (Phi) is 17.1. The van der Waals surface area contributed by atoms with Crippen LogP contribution in [0.3, 0.4) is 0 Å². The van der Waals surface area contributed by atoms with E-state index in [0.29, 0.717) is 11.2 Å². The molecule has 5 N–H and O–H groups in total. The maximum absolute atomic E-state index is 12.9. The Balaban J connectivity index is 1.23. The number of ether oxygens (including phenoxy) is 2. The summed E-state index contributed by atoms with van der Waals surface area (Å²) in [4.78, 5) is 10.5. The van der Waals surface area contributed by atoms with Gasteiger partial charge in [-0.25, -0.2) is 9.08 Å². The van der Waals surface area contributed by atoms with E-state index in [9.17, 15) is 24.9 Å². The Morgan fingerprint density at radius 3 is 2.31 bits per heavy atom. The quantitative estimate of drug-likeness (QED) is 0.0449. The average molecular weight is 739 g/mol. The smallest absolute Gasteiger partial charge is 0.397 e. The van der Waals surface area contributed by atoms with Crippen molar-refractivity contribution in [2.24, 2.45) is 0 Å². The van der Waals surface area contributed by atoms with Gasteiger partial charge >= 0.3 is 7.82 Å². The minimum Gasteiger partial charge on any atom is -0.397 e. The number of anilines is 1. The highest BCUT2D eigenvalue weighted by Gasteiger charge is 2.58. The second-order valence-electron chi connectivity index (χ2n) is 13.4. The normalized spacial score (nSPS) is 21.7. The Hall–Kier alpha value is -3.29. The molecule has 0 bridgehead atoms. The molecule has 6 atom stereocenters. The average Bonchev–Trinajstić information content (AvgIpc) is 3.70. The second-order valence-corrected chi connectivity index (χ2v) is 14.9. The molecule has 52 heavy (non-hydrogen) atoms. The van der Waals surface area contributed by atoms with Gasteiger partial charge in [0, 0.05) is 19.0 Å². The number of nitrogen functional groups attached to an aromatic ring is 1. The second kappa shape index (κ2) is 21.4. The van der Waals surface area contributed by atoms with Crippen LogP contribution in [0.25, 0.3) is 5.52 Å². The summed E-state index contributed by atoms with van der Waals surface area (Å²) in [7, 11) is -4.69. The maximum atomic E-state index is 12.9. The molecule has 0 saturated carbocycles. The number of aliphatic hydroxyl groups is 2. The zero-order valence-electron chi connectivity index (χ0n) is 30.3. The standard InChI is InChI=1S/C39H55N4O8P/c1-2-3-4-5-6-7-8-9-10-11-12-13-14-15-19-22-32(48-27-31-20-17-16-18-21-31)28-49-52(46,47)50-29-35-37(44)38(45)39(30-40,51-35)36-24-23-34-33(41)25-26-42-43(34)36/h16-18,20-21,23-26,32,35,37-38,44-45H,2-14,22,27-29,41H2,1H3,(H,46,47)/t32-,35-,37-,38-,39+/m1/s1. The van der Waals surface area contributed by atoms with Crippen molar-refractivity contribution >= 4 is 19.0 Å². The number of nitrogens with zero attached hydrogens (tertiary/aromatic N) is 3. The first kappa shape index (κ1) is 41.5. The summed E-state index contributed by atoms with van der Waals surface area (Å²) in [5.74, 6) is 6.34. The number of aliphatic hydroxyl groups excluding tert-OH is 2. The highest BCUT2D eigenvalue weighted by Crippen LogP contribution is 2.46. The van der Waals surface area contributed by atoms with Crippen molar-refractivity contribution < 1.29 is 38.2 Å². The molecule has 1 aliphatic heterocycles. The number of benzene rings is 1. The van der Waals surface area contributed by atoms with E-state index in [1.54, 1.807) is 12.1 Å². The van der Waals surface area contributed by atoms with Gasteiger partial charge in [-0.2, -0.15) is 10.4 Å². The molecule has 4 rings (SSSR count). The third kappa shape index (κ3) is 12.1. The van der Waals surface area contributed by atoms with Crippen LogP contribution >= 0.6 is 7.82 Å². The fraction of sp³-hybridized carbons (Fsp3) is 0.590. The summed E-state index contributed by atoms with van der Waals surface area (Å²) in [6.45, 7) is 1.58. The minimum atomic E-state index is -4.69. The molecule has 13 heteroatoms. The van der Waals surface area contributed by atoms with Gasteiger partial charge in [-0.15, -0.1) is 11.8 Å². The molecule has 1 fully saturated rings. The fourth-order valence-corrected chi connectivity index (χ4v) is 7.06. The monoisotopic (exact) mass is 738 g/mol. The summed E-state index contributed by atoms with van der Waals surface area (Å²) >= 11 is 0. The molecule has 1 saturated heterocycles. The highest BCUT2D eigenvalue weighted by molar-refractivity contribution is 7.47. The summed E-state index contributed by atoms with van der Waals surface area (Å²) in [6.07, 6.45) is 12.5. The van der Waals surface area contributed by atoms with Gasteiger partial charge in [-0.3, -0.25) is 9.05 Å². The molecular weight excluding hydrogens is 683 g/mol. The number of nitriles is 1. The lowest BCUT2D eigenvalue weighted by Gasteiger charge is -2.24. The predicted octanol–water partition coefficient (Wildman–Crippen LogP) is 6.96. The number of phosphoric ester groups is 1. The minimum absolute atomic E-state index is 0.132. The van der Waals surface area contributed by atoms with Gasteiger partial charge in [-0.1, -0.05) is 108 Å². The summed E-state index contributed by atoms with van der Waals surface area (Å²) in [5.41, 5.74) is 5.89. The summed E-state index contributed by atoms with van der Waals surface area (Å²) < 4.78 is 36.6. The predicted molar refractivity (Wildman–Crippen MR) is 199 cm³/mol. The number of hydrogen-bond donors (Lipinski definition) is 4. The Labute approximate surface area is 307 Å². The first-order valence-electron chi connectivity index (χ1n) is 18.6. The van der Waals surface area contributed by atoms with Crippen LogP contribution in [-0.4, -0.2) is 62.4 Å². The Morgan fingerprint density at radius 2 is 1.63 bits per heavy atom. The SMILES string of the molecule is CCCCCCCCCCCCCCC#CC[C@H](COP(=O)(O)OC[C@H]1O[C@@](C#N)(c2ccc3c(N)ccnn23)[C@H](O)[C@@H]1O)OCc1ccccc1. The molecule has 1 aromatic carbocycles. The van der Waals surface area contributed by atoms with Gasteiger partial charge in [0.2, 0.25) is 5.60 Å². The maximum Gasteiger partial charge on any atom is 0.472 e. The molecule has 0 spiro atoms. The van der Waals surface area contributed by atoms with Crippen molar-refractivity contribution in [2.45, 2.75) is 133 Å². The number of fused-ring (bicyclic) bond motifs is 1. The van der Waals surface area contributed by atoms with Crippen molar-refractivity contribution in [3.05, 3.63) is 66.0 Å². The van der Waals surface area contributed by atoms with E-state index < -0.39 is 44.4 Å². The zero-order valence-corrected chi connectivity index (χ0v) is 31.2. The largest absolute Gasteiger partial charge is 0.472 e. The van der Waals surface area contributed by atoms with Gasteiger partial charge in [0.25, 0.3) is 0 Å². The number of unbranched alkanes of at least 4 members (excludes halogenated alkanes) is 12. The molecule has 0 aliphatic carbocycles. The number of nitrogens with two attached hydrogens (primary N) is 1. The van der Waals surface area contributed by atoms with Crippen LogP contribution in [0.4, 0.5) is 5.69 Å². The molecule has 0 amide bonds. The van der Waals surface area contributed by atoms with E-state index in [0.717, 1.165) is 24.8 Å². The first-order valence-corrected chi connectivity index (χ1v) is 20.1. The van der Waals surface area contributed by atoms with Gasteiger partial charge in [0.05, 0.1) is 42.8 Å². The van der Waals surface area contributed by atoms with Crippen LogP contribution in [-0.2, 0) is 35.3 Å². The van der Waals surface area contributed by atoms with Gasteiger partial charge in [-0.05, 0) is 30.2 Å². The topological polar surface area (TPSA) is 182 Å². The third-order valence-corrected chi connectivity index (χ3v) is 10.3. The Morgan fingerprint density at radius 1 is 0.962 bits per heavy atom. The number of phosphoric acid groups is 1. The molecule has 12 nitrogen and oxygen atoms in total. The fourth-order valence-electron chi connectivity index (χ4n) is 6.30. The van der Waals surface area contributed by atoms with Crippen LogP contribution in [0.2, 0.25) is 0 Å². The number of aromatic nitrogens is 2. The van der Waals surface area contributed by atoms with Crippen LogP contribution in [0.5, 0.6) is 0 Å². The van der Waals surface area contributed by atoms with Gasteiger partial charge in [0.15, 0.2) is 0 Å². The van der Waals surface area contributed by atoms with Crippen molar-refractivity contribution in [1.29, 1.82) is 5.26 Å². The molecule has 1 aliphatic rings. The van der Waals surface area contributed by atoms with E-state index in [1.807, 2.05) is 36.4 Å². The zero-order chi connectivity index (χ0) is 37.2. The molecule has 3 aromatic rings. The molecule has 2 aromatic heterocycles. The van der Waals surface area contributed by atoms with E-state index in [-0.39, 0.29) is 25.3 Å². The van der Waals surface area contributed by atoms with Crippen LogP contribution in [0.1, 0.15) is 108 Å². The van der Waals surface area contributed by atoms with E-state index in [4.69, 9.17) is 24.3 Å². The Bertz CT molecular complexity index is 1650.